The Kier molecular flexibility index (Phi) is 6.19. The van der Waals surface area contributed by atoms with Crippen LogP contribution in [0.15, 0.2) is 58.7 Å². The number of ether oxygens (including phenoxy) is 1. The minimum Gasteiger partial charge on any atom is -0.497 e. The highest BCUT2D eigenvalue weighted by atomic mass is 32.2. The fourth-order valence-corrected chi connectivity index (χ4v) is 3.74. The van der Waals surface area contributed by atoms with Crippen LogP contribution in [-0.2, 0) is 16.6 Å². The van der Waals surface area contributed by atoms with Gasteiger partial charge in [-0.3, -0.25) is 4.79 Å². The van der Waals surface area contributed by atoms with Crippen LogP contribution in [0.2, 0.25) is 0 Å². The molecule has 2 aromatic carbocycles. The Morgan fingerprint density at radius 3 is 2.39 bits per heavy atom. The van der Waals surface area contributed by atoms with Crippen molar-refractivity contribution >= 4 is 29.1 Å². The van der Waals surface area contributed by atoms with Crippen LogP contribution in [0.1, 0.15) is 37.5 Å². The highest BCUT2D eigenvalue weighted by Gasteiger charge is 2.30. The normalized spacial score (nSPS) is 18.6. The standard InChI is InChI=1S/C22H25N3O2S/c1-22(2,3)17-9-5-16(6-10-17)14-23-25-21-24-20(26)19(28-21)13-15-7-11-18(27-4)12-8-15/h5-12,14,19H,13H2,1-4H3,(H,24,25,26)/b23-14+. The molecule has 5 nitrogen and oxygen atoms in total. The van der Waals surface area contributed by atoms with Crippen molar-refractivity contribution in [2.45, 2.75) is 37.9 Å². The van der Waals surface area contributed by atoms with E-state index < -0.39 is 0 Å². The Hall–Kier alpha value is -2.60. The number of carbonyl (C=O) groups excluding carboxylic acids is 1. The Labute approximate surface area is 170 Å². The summed E-state index contributed by atoms with van der Waals surface area (Å²) < 4.78 is 5.16. The van der Waals surface area contributed by atoms with Gasteiger partial charge in [-0.2, -0.15) is 5.10 Å². The van der Waals surface area contributed by atoms with Crippen molar-refractivity contribution in [3.8, 4) is 5.75 Å². The van der Waals surface area contributed by atoms with E-state index in [1.54, 1.807) is 13.3 Å². The SMILES string of the molecule is COc1ccc(CC2S/C(=N/N=C/c3ccc(C(C)(C)C)cc3)NC2=O)cc1. The monoisotopic (exact) mass is 395 g/mol. The Bertz CT molecular complexity index is 881. The van der Waals surface area contributed by atoms with E-state index in [2.05, 4.69) is 48.4 Å². The van der Waals surface area contributed by atoms with Crippen molar-refractivity contribution in [2.24, 2.45) is 10.2 Å². The molecule has 0 spiro atoms. The lowest BCUT2D eigenvalue weighted by molar-refractivity contribution is -0.118. The van der Waals surface area contributed by atoms with Crippen molar-refractivity contribution in [3.05, 3.63) is 65.2 Å². The molecule has 1 fully saturated rings. The minimum absolute atomic E-state index is 0.0377. The predicted molar refractivity (Wildman–Crippen MR) is 116 cm³/mol. The molecule has 1 aliphatic heterocycles. The van der Waals surface area contributed by atoms with Crippen molar-refractivity contribution < 1.29 is 9.53 Å². The molecule has 2 aromatic rings. The summed E-state index contributed by atoms with van der Waals surface area (Å²) in [7, 11) is 1.64. The Morgan fingerprint density at radius 1 is 1.11 bits per heavy atom. The first-order chi connectivity index (χ1) is 13.3. The first kappa shape index (κ1) is 20.1. The zero-order chi connectivity index (χ0) is 20.1. The van der Waals surface area contributed by atoms with Gasteiger partial charge in [-0.25, -0.2) is 0 Å². The molecule has 1 atom stereocenters. The molecule has 1 N–H and O–H groups in total. The lowest BCUT2D eigenvalue weighted by Crippen LogP contribution is -2.25. The summed E-state index contributed by atoms with van der Waals surface area (Å²) >= 11 is 1.41. The van der Waals surface area contributed by atoms with Crippen LogP contribution in [0.25, 0.3) is 0 Å². The van der Waals surface area contributed by atoms with E-state index in [1.165, 1.54) is 17.3 Å². The minimum atomic E-state index is -0.201. The number of benzene rings is 2. The summed E-state index contributed by atoms with van der Waals surface area (Å²) in [5.74, 6) is 0.767. The number of carbonyl (C=O) groups is 1. The summed E-state index contributed by atoms with van der Waals surface area (Å²) in [6.07, 6.45) is 2.33. The van der Waals surface area contributed by atoms with Gasteiger partial charge in [-0.05, 0) is 40.7 Å². The fraction of sp³-hybridized carbons (Fsp3) is 0.318. The molecule has 0 aromatic heterocycles. The van der Waals surface area contributed by atoms with E-state index in [4.69, 9.17) is 4.74 Å². The number of amidine groups is 1. The molecule has 146 valence electrons. The molecule has 28 heavy (non-hydrogen) atoms. The quantitative estimate of drug-likeness (QED) is 0.611. The maximum absolute atomic E-state index is 12.2. The zero-order valence-corrected chi connectivity index (χ0v) is 17.4. The molecular weight excluding hydrogens is 370 g/mol. The third kappa shape index (κ3) is 5.23. The molecule has 1 amide bonds. The molecule has 0 saturated carbocycles. The van der Waals surface area contributed by atoms with Gasteiger partial charge in [0.15, 0.2) is 5.17 Å². The van der Waals surface area contributed by atoms with Gasteiger partial charge >= 0.3 is 0 Å². The Balaban J connectivity index is 1.59. The van der Waals surface area contributed by atoms with E-state index in [0.29, 0.717) is 11.6 Å². The second kappa shape index (κ2) is 8.61. The smallest absolute Gasteiger partial charge is 0.239 e. The van der Waals surface area contributed by atoms with Crippen LogP contribution in [-0.4, -0.2) is 29.6 Å². The van der Waals surface area contributed by atoms with Crippen molar-refractivity contribution in [3.63, 3.8) is 0 Å². The molecule has 0 aliphatic carbocycles. The number of amides is 1. The Morgan fingerprint density at radius 2 is 1.79 bits per heavy atom. The highest BCUT2D eigenvalue weighted by Crippen LogP contribution is 2.24. The second-order valence-electron chi connectivity index (χ2n) is 7.67. The summed E-state index contributed by atoms with van der Waals surface area (Å²) in [6, 6.07) is 16.0. The summed E-state index contributed by atoms with van der Waals surface area (Å²) in [4.78, 5) is 12.2. The first-order valence-electron chi connectivity index (χ1n) is 9.17. The van der Waals surface area contributed by atoms with Gasteiger partial charge in [0.1, 0.15) is 5.75 Å². The molecule has 1 saturated heterocycles. The van der Waals surface area contributed by atoms with Crippen molar-refractivity contribution in [1.29, 1.82) is 0 Å². The predicted octanol–water partition coefficient (Wildman–Crippen LogP) is 4.16. The number of hydrogen-bond acceptors (Lipinski definition) is 5. The van der Waals surface area contributed by atoms with Crippen LogP contribution in [0.5, 0.6) is 5.75 Å². The molecule has 6 heteroatoms. The third-order valence-corrected chi connectivity index (χ3v) is 5.56. The molecular formula is C22H25N3O2S. The zero-order valence-electron chi connectivity index (χ0n) is 16.6. The molecule has 3 rings (SSSR count). The average Bonchev–Trinajstić information content (AvgIpc) is 3.01. The van der Waals surface area contributed by atoms with E-state index >= 15 is 0 Å². The fourth-order valence-electron chi connectivity index (χ4n) is 2.78. The molecule has 1 aliphatic rings. The number of rotatable bonds is 5. The van der Waals surface area contributed by atoms with Crippen LogP contribution in [0, 0.1) is 0 Å². The van der Waals surface area contributed by atoms with E-state index in [1.807, 2.05) is 36.4 Å². The molecule has 1 unspecified atom stereocenters. The van der Waals surface area contributed by atoms with Crippen molar-refractivity contribution in [2.75, 3.05) is 7.11 Å². The number of methoxy groups -OCH3 is 1. The third-order valence-electron chi connectivity index (χ3n) is 4.49. The maximum atomic E-state index is 12.2. The highest BCUT2D eigenvalue weighted by molar-refractivity contribution is 8.15. The molecule has 0 bridgehead atoms. The van der Waals surface area contributed by atoms with Gasteiger partial charge in [0.05, 0.1) is 18.6 Å². The van der Waals surface area contributed by atoms with Crippen LogP contribution >= 0.6 is 11.8 Å². The van der Waals surface area contributed by atoms with Gasteiger partial charge in [0.25, 0.3) is 0 Å². The molecule has 0 radical (unpaired) electrons. The van der Waals surface area contributed by atoms with Crippen LogP contribution in [0.3, 0.4) is 0 Å². The molecule has 1 heterocycles. The van der Waals surface area contributed by atoms with Gasteiger partial charge in [0, 0.05) is 0 Å². The van der Waals surface area contributed by atoms with Gasteiger partial charge in [-0.15, -0.1) is 5.10 Å². The van der Waals surface area contributed by atoms with Gasteiger partial charge in [-0.1, -0.05) is 68.9 Å². The van der Waals surface area contributed by atoms with E-state index in [-0.39, 0.29) is 16.6 Å². The van der Waals surface area contributed by atoms with Gasteiger partial charge in [0.2, 0.25) is 5.91 Å². The lowest BCUT2D eigenvalue weighted by Gasteiger charge is -2.18. The number of nitrogens with one attached hydrogen (secondary N) is 1. The number of nitrogens with zero attached hydrogens (tertiary/aromatic N) is 2. The second-order valence-corrected chi connectivity index (χ2v) is 8.86. The first-order valence-corrected chi connectivity index (χ1v) is 10.0. The lowest BCUT2D eigenvalue weighted by atomic mass is 9.87. The van der Waals surface area contributed by atoms with Crippen LogP contribution in [0.4, 0.5) is 0 Å². The number of thioether (sulfide) groups is 1. The maximum Gasteiger partial charge on any atom is 0.239 e. The topological polar surface area (TPSA) is 63.1 Å². The van der Waals surface area contributed by atoms with E-state index in [9.17, 15) is 4.79 Å². The number of hydrogen-bond donors (Lipinski definition) is 1. The average molecular weight is 396 g/mol. The van der Waals surface area contributed by atoms with Crippen molar-refractivity contribution in [1.82, 2.24) is 5.32 Å². The summed E-state index contributed by atoms with van der Waals surface area (Å²) in [6.45, 7) is 6.55. The van der Waals surface area contributed by atoms with E-state index in [0.717, 1.165) is 16.9 Å². The van der Waals surface area contributed by atoms with Gasteiger partial charge < -0.3 is 10.1 Å². The summed E-state index contributed by atoms with van der Waals surface area (Å²) in [5, 5.41) is 11.4. The largest absolute Gasteiger partial charge is 0.497 e. The summed E-state index contributed by atoms with van der Waals surface area (Å²) in [5.41, 5.74) is 3.45. The van der Waals surface area contributed by atoms with Crippen LogP contribution < -0.4 is 10.1 Å².